The predicted octanol–water partition coefficient (Wildman–Crippen LogP) is 2.32. The van der Waals surface area contributed by atoms with Crippen molar-refractivity contribution in [1.29, 1.82) is 0 Å². The molecule has 0 saturated carbocycles. The molecule has 2 aromatic rings. The number of benzene rings is 1. The minimum atomic E-state index is -6.61. The first-order chi connectivity index (χ1) is 10.1. The van der Waals surface area contributed by atoms with Crippen molar-refractivity contribution in [3.63, 3.8) is 0 Å². The molecule has 0 saturated heterocycles. The maximum absolute atomic E-state index is 9.83. The van der Waals surface area contributed by atoms with Gasteiger partial charge in [-0.3, -0.25) is 4.84 Å². The van der Waals surface area contributed by atoms with Gasteiger partial charge in [-0.2, -0.15) is 0 Å². The van der Waals surface area contributed by atoms with E-state index in [4.69, 9.17) is 4.84 Å². The molecule has 11 heteroatoms. The van der Waals surface area contributed by atoms with Gasteiger partial charge in [0.05, 0.1) is 28.2 Å². The van der Waals surface area contributed by atoms with Crippen LogP contribution in [-0.2, 0) is 0 Å². The van der Waals surface area contributed by atoms with Crippen LogP contribution in [0.3, 0.4) is 0 Å². The molecule has 0 atom stereocenters. The van der Waals surface area contributed by atoms with E-state index in [0.717, 1.165) is 11.0 Å². The molecule has 0 radical (unpaired) electrons. The zero-order chi connectivity index (χ0) is 16.9. The summed E-state index contributed by atoms with van der Waals surface area (Å²) < 4.78 is 41.2. The van der Waals surface area contributed by atoms with Gasteiger partial charge in [0.15, 0.2) is 0 Å². The standard InChI is InChI=1S/C11H16N5O.F4HP/c1-14(2)11(15(3)4)17-16-10-8-6-5-7-9(10)12-13-16;1-5(2,3)4/h5-8H,1-4H3;5H/q+1;-1. The summed E-state index contributed by atoms with van der Waals surface area (Å²) in [6.07, 6.45) is 0. The number of amidine groups is 1. The van der Waals surface area contributed by atoms with Crippen LogP contribution in [-0.4, -0.2) is 58.8 Å². The fraction of sp³-hybridized carbons (Fsp3) is 0.364. The van der Waals surface area contributed by atoms with E-state index in [1.54, 1.807) is 0 Å². The van der Waals surface area contributed by atoms with E-state index in [1.165, 1.54) is 4.85 Å². The molecule has 0 aliphatic heterocycles. The van der Waals surface area contributed by atoms with Gasteiger partial charge in [-0.25, -0.2) is 9.48 Å². The third kappa shape index (κ3) is 5.80. The summed E-state index contributed by atoms with van der Waals surface area (Å²) in [7, 11) is 1.03. The van der Waals surface area contributed by atoms with Crippen LogP contribution < -0.4 is 4.84 Å². The molecule has 125 valence electrons. The first-order valence-electron chi connectivity index (χ1n) is 6.05. The Balaban J connectivity index is 0.000000422. The van der Waals surface area contributed by atoms with E-state index < -0.39 is 8.51 Å². The number of rotatable bonds is 1. The van der Waals surface area contributed by atoms with Crippen molar-refractivity contribution < 1.29 is 26.2 Å². The van der Waals surface area contributed by atoms with E-state index in [2.05, 4.69) is 10.3 Å². The summed E-state index contributed by atoms with van der Waals surface area (Å²) in [4.78, 5) is 8.99. The van der Waals surface area contributed by atoms with E-state index in [9.17, 15) is 16.8 Å². The Morgan fingerprint density at radius 3 is 2.23 bits per heavy atom. The Morgan fingerprint density at radius 2 is 1.73 bits per heavy atom. The van der Waals surface area contributed by atoms with E-state index in [1.807, 2.05) is 61.9 Å². The molecule has 0 fully saturated rings. The molecule has 0 amide bonds. The van der Waals surface area contributed by atoms with Crippen LogP contribution in [0.15, 0.2) is 24.3 Å². The first-order valence-corrected chi connectivity index (χ1v) is 7.57. The minimum absolute atomic E-state index is 0.681. The second-order valence-electron chi connectivity index (χ2n) is 4.54. The van der Waals surface area contributed by atoms with Crippen LogP contribution in [0.25, 0.3) is 11.0 Å². The fourth-order valence-corrected chi connectivity index (χ4v) is 1.56. The molecule has 6 nitrogen and oxygen atoms in total. The Bertz CT molecular complexity index is 645. The number of aromatic nitrogens is 3. The van der Waals surface area contributed by atoms with Gasteiger partial charge in [0.1, 0.15) is 11.0 Å². The molecule has 0 N–H and O–H groups in total. The fourth-order valence-electron chi connectivity index (χ4n) is 1.56. The van der Waals surface area contributed by atoms with Crippen LogP contribution in [0.2, 0.25) is 0 Å². The number of fused-ring (bicyclic) bond motifs is 1. The average molecular weight is 342 g/mol. The van der Waals surface area contributed by atoms with Crippen molar-refractivity contribution in [1.82, 2.24) is 20.1 Å². The molecule has 0 spiro atoms. The summed E-state index contributed by atoms with van der Waals surface area (Å²) in [5, 5.41) is 8.00. The van der Waals surface area contributed by atoms with Gasteiger partial charge < -0.3 is 0 Å². The second kappa shape index (κ2) is 7.35. The van der Waals surface area contributed by atoms with Gasteiger partial charge in [0.2, 0.25) is 0 Å². The van der Waals surface area contributed by atoms with Crippen molar-refractivity contribution in [3.8, 4) is 0 Å². The van der Waals surface area contributed by atoms with Crippen LogP contribution in [0.1, 0.15) is 0 Å². The van der Waals surface area contributed by atoms with Crippen molar-refractivity contribution in [3.05, 3.63) is 24.3 Å². The van der Waals surface area contributed by atoms with Gasteiger partial charge in [-0.05, 0) is 17.3 Å². The zero-order valence-electron chi connectivity index (χ0n) is 12.5. The molecule has 0 aliphatic carbocycles. The summed E-state index contributed by atoms with van der Waals surface area (Å²) in [6, 6.07) is 8.34. The SMILES string of the molecule is CN(C)C(On1nnc2ccccc21)=[N+](C)C.F[PH-](F)(F)F. The zero-order valence-corrected chi connectivity index (χ0v) is 13.5. The quantitative estimate of drug-likeness (QED) is 0.262. The third-order valence-electron chi connectivity index (χ3n) is 2.25. The number of para-hydroxylation sites is 1. The van der Waals surface area contributed by atoms with Crippen molar-refractivity contribution in [2.75, 3.05) is 28.2 Å². The molecule has 2 rings (SSSR count). The van der Waals surface area contributed by atoms with E-state index in [0.29, 0.717) is 6.02 Å². The molecule has 0 bridgehead atoms. The molecule has 1 heterocycles. The molecule has 0 aliphatic rings. The predicted molar refractivity (Wildman–Crippen MR) is 77.7 cm³/mol. The Kier molecular flexibility index (Phi) is 6.04. The first kappa shape index (κ1) is 18.1. The summed E-state index contributed by atoms with van der Waals surface area (Å²) >= 11 is 0. The average Bonchev–Trinajstić information content (AvgIpc) is 2.76. The Hall–Kier alpha value is -1.96. The van der Waals surface area contributed by atoms with Gasteiger partial charge in [0, 0.05) is 0 Å². The Labute approximate surface area is 125 Å². The monoisotopic (exact) mass is 342 g/mol. The van der Waals surface area contributed by atoms with E-state index in [-0.39, 0.29) is 0 Å². The van der Waals surface area contributed by atoms with Crippen LogP contribution in [0.5, 0.6) is 0 Å². The molecule has 1 aromatic heterocycles. The Morgan fingerprint density at radius 1 is 1.18 bits per heavy atom. The van der Waals surface area contributed by atoms with E-state index >= 15 is 0 Å². The van der Waals surface area contributed by atoms with Gasteiger partial charge in [-0.1, -0.05) is 17.0 Å². The van der Waals surface area contributed by atoms with Crippen LogP contribution >= 0.6 is 8.51 Å². The van der Waals surface area contributed by atoms with Gasteiger partial charge in [0.25, 0.3) is 0 Å². The van der Waals surface area contributed by atoms with Crippen LogP contribution in [0.4, 0.5) is 16.8 Å². The van der Waals surface area contributed by atoms with Crippen LogP contribution in [0, 0.1) is 0 Å². The van der Waals surface area contributed by atoms with Gasteiger partial charge in [-0.15, -0.1) is 5.10 Å². The number of hydrogen-bond acceptors (Lipinski definition) is 3. The molecule has 22 heavy (non-hydrogen) atoms. The molecule has 0 unspecified atom stereocenters. The molecule has 1 aromatic carbocycles. The third-order valence-corrected chi connectivity index (χ3v) is 2.25. The summed E-state index contributed by atoms with van der Waals surface area (Å²) in [5.41, 5.74) is 1.65. The topological polar surface area (TPSA) is 46.2 Å². The molecular weight excluding hydrogens is 325 g/mol. The normalized spacial score (nSPS) is 11.5. The summed E-state index contributed by atoms with van der Waals surface area (Å²) in [6.45, 7) is 0. The number of nitrogens with zero attached hydrogens (tertiary/aromatic N) is 5. The second-order valence-corrected chi connectivity index (χ2v) is 5.40. The van der Waals surface area contributed by atoms with Crippen molar-refractivity contribution in [2.45, 2.75) is 0 Å². The van der Waals surface area contributed by atoms with Crippen molar-refractivity contribution >= 4 is 25.6 Å². The maximum atomic E-state index is 9.83. The van der Waals surface area contributed by atoms with Gasteiger partial charge >= 0.3 is 31.3 Å². The molecular formula is C11H17F4N5OP. The summed E-state index contributed by atoms with van der Waals surface area (Å²) in [5.74, 6) is 0. The number of halogens is 4. The number of hydrogen-bond donors (Lipinski definition) is 0. The van der Waals surface area contributed by atoms with Crippen molar-refractivity contribution in [2.24, 2.45) is 0 Å².